The standard InChI is InChI=1S/C16H13BrClNO/c1-11-5-7-15(14(17)9-11)19-16(20)8-6-12-3-2-4-13(18)10-12/h2-10H,1H3,(H,19,20). The first-order valence-corrected chi connectivity index (χ1v) is 7.22. The summed E-state index contributed by atoms with van der Waals surface area (Å²) in [5, 5.41) is 3.46. The minimum absolute atomic E-state index is 0.186. The molecule has 20 heavy (non-hydrogen) atoms. The molecule has 1 N–H and O–H groups in total. The number of hydrogen-bond donors (Lipinski definition) is 1. The van der Waals surface area contributed by atoms with Crippen molar-refractivity contribution in [2.24, 2.45) is 0 Å². The van der Waals surface area contributed by atoms with Crippen LogP contribution in [0.3, 0.4) is 0 Å². The van der Waals surface area contributed by atoms with Gasteiger partial charge in [-0.1, -0.05) is 29.8 Å². The molecule has 0 heterocycles. The number of carbonyl (C=O) groups is 1. The van der Waals surface area contributed by atoms with Gasteiger partial charge in [-0.2, -0.15) is 0 Å². The van der Waals surface area contributed by atoms with Gasteiger partial charge in [0.25, 0.3) is 0 Å². The molecule has 2 nitrogen and oxygen atoms in total. The topological polar surface area (TPSA) is 29.1 Å². The Kier molecular flexibility index (Phi) is 4.99. The minimum Gasteiger partial charge on any atom is -0.321 e. The van der Waals surface area contributed by atoms with E-state index in [1.54, 1.807) is 18.2 Å². The monoisotopic (exact) mass is 349 g/mol. The molecule has 0 aliphatic heterocycles. The van der Waals surface area contributed by atoms with Crippen LogP contribution in [-0.4, -0.2) is 5.91 Å². The van der Waals surface area contributed by atoms with E-state index >= 15 is 0 Å². The van der Waals surface area contributed by atoms with Crippen LogP contribution in [0.25, 0.3) is 6.08 Å². The highest BCUT2D eigenvalue weighted by Gasteiger charge is 2.02. The van der Waals surface area contributed by atoms with Crippen molar-refractivity contribution in [1.29, 1.82) is 0 Å². The zero-order chi connectivity index (χ0) is 14.5. The Hall–Kier alpha value is -1.58. The lowest BCUT2D eigenvalue weighted by atomic mass is 10.2. The van der Waals surface area contributed by atoms with E-state index in [0.717, 1.165) is 21.3 Å². The van der Waals surface area contributed by atoms with Gasteiger partial charge in [0, 0.05) is 15.6 Å². The van der Waals surface area contributed by atoms with E-state index in [4.69, 9.17) is 11.6 Å². The summed E-state index contributed by atoms with van der Waals surface area (Å²) < 4.78 is 0.863. The van der Waals surface area contributed by atoms with Gasteiger partial charge in [0.2, 0.25) is 5.91 Å². The number of anilines is 1. The van der Waals surface area contributed by atoms with Gasteiger partial charge in [0.1, 0.15) is 0 Å². The van der Waals surface area contributed by atoms with Crippen molar-refractivity contribution in [1.82, 2.24) is 0 Å². The first-order chi connectivity index (χ1) is 9.54. The lowest BCUT2D eigenvalue weighted by Gasteiger charge is -2.05. The average molecular weight is 351 g/mol. The maximum Gasteiger partial charge on any atom is 0.248 e. The quantitative estimate of drug-likeness (QED) is 0.770. The van der Waals surface area contributed by atoms with E-state index in [1.165, 1.54) is 6.08 Å². The van der Waals surface area contributed by atoms with Crippen LogP contribution < -0.4 is 5.32 Å². The number of rotatable bonds is 3. The second kappa shape index (κ2) is 6.73. The summed E-state index contributed by atoms with van der Waals surface area (Å²) in [6.07, 6.45) is 3.21. The Balaban J connectivity index is 2.05. The van der Waals surface area contributed by atoms with Gasteiger partial charge in [-0.05, 0) is 64.3 Å². The maximum absolute atomic E-state index is 11.9. The molecule has 0 radical (unpaired) electrons. The number of aryl methyl sites for hydroxylation is 1. The molecule has 102 valence electrons. The zero-order valence-electron chi connectivity index (χ0n) is 10.9. The normalized spacial score (nSPS) is 10.8. The molecular weight excluding hydrogens is 338 g/mol. The van der Waals surface area contributed by atoms with Gasteiger partial charge < -0.3 is 5.32 Å². The predicted molar refractivity (Wildman–Crippen MR) is 88.0 cm³/mol. The highest BCUT2D eigenvalue weighted by molar-refractivity contribution is 9.10. The highest BCUT2D eigenvalue weighted by Crippen LogP contribution is 2.23. The Morgan fingerprint density at radius 3 is 2.75 bits per heavy atom. The SMILES string of the molecule is Cc1ccc(NC(=O)C=Cc2cccc(Cl)c2)c(Br)c1. The number of halogens is 2. The number of nitrogens with one attached hydrogen (secondary N) is 1. The number of hydrogen-bond acceptors (Lipinski definition) is 1. The van der Waals surface area contributed by atoms with Crippen LogP contribution in [0, 0.1) is 6.92 Å². The van der Waals surface area contributed by atoms with E-state index in [-0.39, 0.29) is 5.91 Å². The van der Waals surface area contributed by atoms with Crippen LogP contribution in [0.4, 0.5) is 5.69 Å². The van der Waals surface area contributed by atoms with Gasteiger partial charge in [-0.15, -0.1) is 0 Å². The van der Waals surface area contributed by atoms with E-state index in [1.807, 2.05) is 37.3 Å². The molecule has 0 fully saturated rings. The van der Waals surface area contributed by atoms with Crippen molar-refractivity contribution in [3.05, 3.63) is 69.2 Å². The molecule has 2 rings (SSSR count). The fourth-order valence-corrected chi connectivity index (χ4v) is 2.47. The van der Waals surface area contributed by atoms with E-state index in [0.29, 0.717) is 5.02 Å². The van der Waals surface area contributed by atoms with Gasteiger partial charge >= 0.3 is 0 Å². The van der Waals surface area contributed by atoms with Crippen molar-refractivity contribution in [3.63, 3.8) is 0 Å². The molecule has 0 saturated heterocycles. The summed E-state index contributed by atoms with van der Waals surface area (Å²) in [6.45, 7) is 2.00. The van der Waals surface area contributed by atoms with Gasteiger partial charge in [0.05, 0.1) is 5.69 Å². The summed E-state index contributed by atoms with van der Waals surface area (Å²) in [5.74, 6) is -0.186. The molecule has 0 bridgehead atoms. The van der Waals surface area contributed by atoms with Crippen molar-refractivity contribution in [3.8, 4) is 0 Å². The summed E-state index contributed by atoms with van der Waals surface area (Å²) in [4.78, 5) is 11.9. The third kappa shape index (κ3) is 4.22. The molecule has 0 aliphatic carbocycles. The second-order valence-corrected chi connectivity index (χ2v) is 5.65. The Labute approximate surface area is 131 Å². The molecule has 1 amide bonds. The Morgan fingerprint density at radius 2 is 2.05 bits per heavy atom. The van der Waals surface area contributed by atoms with Crippen LogP contribution in [0.15, 0.2) is 53.0 Å². The molecule has 4 heteroatoms. The lowest BCUT2D eigenvalue weighted by Crippen LogP contribution is -2.08. The van der Waals surface area contributed by atoms with Crippen LogP contribution >= 0.6 is 27.5 Å². The molecule has 0 spiro atoms. The predicted octanol–water partition coefficient (Wildman–Crippen LogP) is 5.06. The van der Waals surface area contributed by atoms with Crippen LogP contribution in [0.1, 0.15) is 11.1 Å². The number of benzene rings is 2. The summed E-state index contributed by atoms with van der Waals surface area (Å²) in [6, 6.07) is 13.1. The molecule has 0 atom stereocenters. The summed E-state index contributed by atoms with van der Waals surface area (Å²) >= 11 is 9.31. The average Bonchev–Trinajstić information content (AvgIpc) is 2.40. The fourth-order valence-electron chi connectivity index (χ4n) is 1.68. The van der Waals surface area contributed by atoms with Crippen molar-refractivity contribution in [2.45, 2.75) is 6.92 Å². The second-order valence-electron chi connectivity index (χ2n) is 4.36. The Morgan fingerprint density at radius 1 is 1.25 bits per heavy atom. The van der Waals surface area contributed by atoms with E-state index in [2.05, 4.69) is 21.2 Å². The number of amides is 1. The van der Waals surface area contributed by atoms with Gasteiger partial charge in [-0.3, -0.25) is 4.79 Å². The number of carbonyl (C=O) groups excluding carboxylic acids is 1. The maximum atomic E-state index is 11.9. The van der Waals surface area contributed by atoms with Crippen molar-refractivity contribution >= 4 is 45.2 Å². The molecule has 2 aromatic carbocycles. The van der Waals surface area contributed by atoms with Crippen LogP contribution in [0.5, 0.6) is 0 Å². The molecule has 0 aliphatic rings. The third-order valence-electron chi connectivity index (χ3n) is 2.66. The third-order valence-corrected chi connectivity index (χ3v) is 3.55. The Bertz CT molecular complexity index is 667. The molecule has 0 aromatic heterocycles. The van der Waals surface area contributed by atoms with Crippen molar-refractivity contribution in [2.75, 3.05) is 5.32 Å². The zero-order valence-corrected chi connectivity index (χ0v) is 13.2. The van der Waals surface area contributed by atoms with Crippen LogP contribution in [-0.2, 0) is 4.79 Å². The van der Waals surface area contributed by atoms with E-state index < -0.39 is 0 Å². The minimum atomic E-state index is -0.186. The summed E-state index contributed by atoms with van der Waals surface area (Å²) in [7, 11) is 0. The summed E-state index contributed by atoms with van der Waals surface area (Å²) in [5.41, 5.74) is 2.76. The molecule has 0 saturated carbocycles. The van der Waals surface area contributed by atoms with Crippen molar-refractivity contribution < 1.29 is 4.79 Å². The molecule has 0 unspecified atom stereocenters. The lowest BCUT2D eigenvalue weighted by molar-refractivity contribution is -0.111. The molecule has 2 aromatic rings. The first-order valence-electron chi connectivity index (χ1n) is 6.05. The molecular formula is C16H13BrClNO. The smallest absolute Gasteiger partial charge is 0.248 e. The van der Waals surface area contributed by atoms with E-state index in [9.17, 15) is 4.79 Å². The first kappa shape index (κ1) is 14.8. The van der Waals surface area contributed by atoms with Gasteiger partial charge in [-0.25, -0.2) is 0 Å². The fraction of sp³-hybridized carbons (Fsp3) is 0.0625. The van der Waals surface area contributed by atoms with Gasteiger partial charge in [0.15, 0.2) is 0 Å². The largest absolute Gasteiger partial charge is 0.321 e. The van der Waals surface area contributed by atoms with Crippen LogP contribution in [0.2, 0.25) is 5.02 Å². The highest BCUT2D eigenvalue weighted by atomic mass is 79.9.